The Balaban J connectivity index is 2.16. The van der Waals surface area contributed by atoms with Gasteiger partial charge >= 0.3 is 0 Å². The van der Waals surface area contributed by atoms with Crippen LogP contribution in [-0.2, 0) is 5.41 Å². The Hall–Kier alpha value is -1.56. The molecule has 1 aliphatic rings. The number of rotatable bonds is 2. The van der Waals surface area contributed by atoms with E-state index in [0.29, 0.717) is 5.41 Å². The third kappa shape index (κ3) is 2.77. The Bertz CT molecular complexity index is 540. The highest BCUT2D eigenvalue weighted by molar-refractivity contribution is 5.40. The third-order valence-electron chi connectivity index (χ3n) is 4.92. The van der Waals surface area contributed by atoms with E-state index >= 15 is 0 Å². The molecule has 1 fully saturated rings. The number of hydrogen-bond donors (Lipinski definition) is 0. The summed E-state index contributed by atoms with van der Waals surface area (Å²) in [6.07, 6.45) is 3.75. The van der Waals surface area contributed by atoms with Gasteiger partial charge in [-0.05, 0) is 53.9 Å². The van der Waals surface area contributed by atoms with Crippen LogP contribution < -0.4 is 0 Å². The van der Waals surface area contributed by atoms with Crippen molar-refractivity contribution in [3.05, 3.63) is 71.8 Å². The van der Waals surface area contributed by atoms with E-state index in [1.54, 1.807) is 0 Å². The van der Waals surface area contributed by atoms with Gasteiger partial charge in [0.15, 0.2) is 0 Å². The maximum Gasteiger partial charge on any atom is 0.0210 e. The Kier molecular flexibility index (Phi) is 3.65. The molecule has 0 saturated heterocycles. The summed E-state index contributed by atoms with van der Waals surface area (Å²) in [7, 11) is 0. The summed E-state index contributed by atoms with van der Waals surface area (Å²) in [5.74, 6) is 0.738. The van der Waals surface area contributed by atoms with Gasteiger partial charge in [0, 0.05) is 5.41 Å². The molecule has 108 valence electrons. The molecule has 3 rings (SSSR count). The Labute approximate surface area is 129 Å². The van der Waals surface area contributed by atoms with Crippen LogP contribution in [0.25, 0.3) is 0 Å². The van der Waals surface area contributed by atoms with Gasteiger partial charge in [-0.3, -0.25) is 0 Å². The zero-order valence-electron chi connectivity index (χ0n) is 13.3. The molecule has 0 aromatic heterocycles. The zero-order chi connectivity index (χ0) is 14.9. The maximum absolute atomic E-state index is 3.17. The van der Waals surface area contributed by atoms with E-state index in [2.05, 4.69) is 81.4 Å². The van der Waals surface area contributed by atoms with Crippen LogP contribution in [0, 0.1) is 23.5 Å². The second kappa shape index (κ2) is 5.33. The molecule has 1 saturated carbocycles. The van der Waals surface area contributed by atoms with Gasteiger partial charge in [-0.2, -0.15) is 0 Å². The molecule has 1 atom stereocenters. The highest BCUT2D eigenvalue weighted by Gasteiger charge is 2.44. The molecular formula is C21H24. The van der Waals surface area contributed by atoms with Crippen LogP contribution in [0.1, 0.15) is 51.2 Å². The fourth-order valence-corrected chi connectivity index (χ4v) is 4.59. The summed E-state index contributed by atoms with van der Waals surface area (Å²) in [6, 6.07) is 23.6. The lowest BCUT2D eigenvalue weighted by molar-refractivity contribution is 0.127. The van der Waals surface area contributed by atoms with Crippen molar-refractivity contribution < 1.29 is 0 Å². The second-order valence-corrected chi connectivity index (χ2v) is 7.51. The molecule has 0 heterocycles. The first-order valence-electron chi connectivity index (χ1n) is 7.95. The summed E-state index contributed by atoms with van der Waals surface area (Å²) < 4.78 is 0. The first kappa shape index (κ1) is 14.4. The summed E-state index contributed by atoms with van der Waals surface area (Å²) in [5, 5.41) is 0. The average Bonchev–Trinajstić information content (AvgIpc) is 2.47. The van der Waals surface area contributed by atoms with E-state index in [1.165, 1.54) is 30.4 Å². The molecule has 2 aromatic rings. The van der Waals surface area contributed by atoms with Gasteiger partial charge in [0.25, 0.3) is 0 Å². The van der Waals surface area contributed by atoms with Crippen molar-refractivity contribution in [3.63, 3.8) is 0 Å². The minimum atomic E-state index is 0.130. The standard InChI is InChI=1S/C21H24/c1-17-14-20(2,3)16-21(15-17,18-10-6-4-7-11-18)19-12-8-5-9-13-19/h6-13,17H,14-16H2,1-3H3. The SMILES string of the molecule is CC1CC(C)(C)CC(c2cc[c]cc2)(c2cc[c]cc2)C1. The number of hydrogen-bond acceptors (Lipinski definition) is 0. The zero-order valence-corrected chi connectivity index (χ0v) is 13.3. The smallest absolute Gasteiger partial charge is 0.0210 e. The molecule has 1 unspecified atom stereocenters. The largest absolute Gasteiger partial charge is 0.0624 e. The van der Waals surface area contributed by atoms with Crippen molar-refractivity contribution in [2.24, 2.45) is 11.3 Å². The first-order chi connectivity index (χ1) is 10.0. The van der Waals surface area contributed by atoms with E-state index in [9.17, 15) is 0 Å². The summed E-state index contributed by atoms with van der Waals surface area (Å²) in [5.41, 5.74) is 3.38. The Morgan fingerprint density at radius 3 is 1.76 bits per heavy atom. The summed E-state index contributed by atoms with van der Waals surface area (Å²) in [4.78, 5) is 0. The van der Waals surface area contributed by atoms with Gasteiger partial charge in [-0.25, -0.2) is 0 Å². The predicted octanol–water partition coefficient (Wildman–Crippen LogP) is 5.42. The van der Waals surface area contributed by atoms with E-state index in [0.717, 1.165) is 5.92 Å². The highest BCUT2D eigenvalue weighted by atomic mass is 14.5. The Morgan fingerprint density at radius 1 is 0.857 bits per heavy atom. The second-order valence-electron chi connectivity index (χ2n) is 7.51. The molecule has 0 N–H and O–H groups in total. The third-order valence-corrected chi connectivity index (χ3v) is 4.92. The maximum atomic E-state index is 3.17. The van der Waals surface area contributed by atoms with Crippen molar-refractivity contribution in [3.8, 4) is 0 Å². The van der Waals surface area contributed by atoms with E-state index in [1.807, 2.05) is 0 Å². The van der Waals surface area contributed by atoms with Gasteiger partial charge in [0.1, 0.15) is 0 Å². The molecular weight excluding hydrogens is 252 g/mol. The van der Waals surface area contributed by atoms with E-state index < -0.39 is 0 Å². The van der Waals surface area contributed by atoms with E-state index in [4.69, 9.17) is 0 Å². The van der Waals surface area contributed by atoms with Crippen molar-refractivity contribution in [1.82, 2.24) is 0 Å². The lowest BCUT2D eigenvalue weighted by Crippen LogP contribution is -2.41. The molecule has 2 aromatic carbocycles. The number of benzene rings is 2. The average molecular weight is 276 g/mol. The molecule has 0 amide bonds. The minimum Gasteiger partial charge on any atom is -0.0624 e. The summed E-state index contributed by atoms with van der Waals surface area (Å²) >= 11 is 0. The van der Waals surface area contributed by atoms with Gasteiger partial charge in [-0.15, -0.1) is 0 Å². The van der Waals surface area contributed by atoms with Crippen LogP contribution in [-0.4, -0.2) is 0 Å². The molecule has 0 heteroatoms. The van der Waals surface area contributed by atoms with Crippen molar-refractivity contribution in [2.75, 3.05) is 0 Å². The Morgan fingerprint density at radius 2 is 1.33 bits per heavy atom. The van der Waals surface area contributed by atoms with Crippen LogP contribution in [0.5, 0.6) is 0 Å². The monoisotopic (exact) mass is 276 g/mol. The lowest BCUT2D eigenvalue weighted by Gasteiger charge is -2.48. The fraction of sp³-hybridized carbons (Fsp3) is 0.429. The minimum absolute atomic E-state index is 0.130. The normalized spacial score (nSPS) is 23.7. The van der Waals surface area contributed by atoms with Gasteiger partial charge in [-0.1, -0.05) is 69.3 Å². The summed E-state index contributed by atoms with van der Waals surface area (Å²) in [6.45, 7) is 7.24. The van der Waals surface area contributed by atoms with Crippen LogP contribution in [0.15, 0.2) is 48.5 Å². The topological polar surface area (TPSA) is 0 Å². The van der Waals surface area contributed by atoms with Gasteiger partial charge in [0.05, 0.1) is 0 Å². The van der Waals surface area contributed by atoms with Crippen molar-refractivity contribution in [2.45, 2.75) is 45.4 Å². The van der Waals surface area contributed by atoms with Gasteiger partial charge < -0.3 is 0 Å². The molecule has 0 spiro atoms. The molecule has 2 radical (unpaired) electrons. The molecule has 21 heavy (non-hydrogen) atoms. The van der Waals surface area contributed by atoms with Crippen LogP contribution in [0.3, 0.4) is 0 Å². The first-order valence-corrected chi connectivity index (χ1v) is 7.95. The van der Waals surface area contributed by atoms with Gasteiger partial charge in [0.2, 0.25) is 0 Å². The predicted molar refractivity (Wildman–Crippen MR) is 88.1 cm³/mol. The van der Waals surface area contributed by atoms with Crippen LogP contribution in [0.4, 0.5) is 0 Å². The fourth-order valence-electron chi connectivity index (χ4n) is 4.59. The van der Waals surface area contributed by atoms with Crippen LogP contribution >= 0.6 is 0 Å². The molecule has 0 bridgehead atoms. The molecule has 1 aliphatic carbocycles. The van der Waals surface area contributed by atoms with Crippen molar-refractivity contribution in [1.29, 1.82) is 0 Å². The van der Waals surface area contributed by atoms with E-state index in [-0.39, 0.29) is 5.41 Å². The van der Waals surface area contributed by atoms with Crippen LogP contribution in [0.2, 0.25) is 0 Å². The highest BCUT2D eigenvalue weighted by Crippen LogP contribution is 2.53. The molecule has 0 aliphatic heterocycles. The quantitative estimate of drug-likeness (QED) is 0.687. The molecule has 0 nitrogen and oxygen atoms in total. The van der Waals surface area contributed by atoms with Crippen molar-refractivity contribution >= 4 is 0 Å². The lowest BCUT2D eigenvalue weighted by atomic mass is 9.55.